The second-order valence-electron chi connectivity index (χ2n) is 7.56. The molecule has 5 heteroatoms. The number of hydrogen-bond acceptors (Lipinski definition) is 4. The SMILES string of the molecule is Cn1c([C@H]2CCCN2C[C@@H](O)COc2ccccc2)nc2c1CCCC2. The molecule has 1 aliphatic carbocycles. The number of benzene rings is 1. The molecule has 2 atom stereocenters. The van der Waals surface area contributed by atoms with E-state index in [1.54, 1.807) is 0 Å². The number of aromatic nitrogens is 2. The summed E-state index contributed by atoms with van der Waals surface area (Å²) in [5.74, 6) is 1.99. The summed E-state index contributed by atoms with van der Waals surface area (Å²) in [6.07, 6.45) is 6.58. The minimum absolute atomic E-state index is 0.317. The Balaban J connectivity index is 1.40. The van der Waals surface area contributed by atoms with E-state index in [1.165, 1.54) is 30.1 Å². The van der Waals surface area contributed by atoms with Gasteiger partial charge in [0.25, 0.3) is 0 Å². The van der Waals surface area contributed by atoms with E-state index in [-0.39, 0.29) is 0 Å². The van der Waals surface area contributed by atoms with Gasteiger partial charge in [0.15, 0.2) is 0 Å². The topological polar surface area (TPSA) is 50.5 Å². The van der Waals surface area contributed by atoms with Gasteiger partial charge in [0, 0.05) is 19.3 Å². The van der Waals surface area contributed by atoms with Gasteiger partial charge in [-0.15, -0.1) is 0 Å². The average Bonchev–Trinajstić information content (AvgIpc) is 3.25. The number of imidazole rings is 1. The van der Waals surface area contributed by atoms with Gasteiger partial charge < -0.3 is 14.4 Å². The van der Waals surface area contributed by atoms with Crippen LogP contribution in [0.5, 0.6) is 5.75 Å². The lowest BCUT2D eigenvalue weighted by atomic mass is 10.0. The van der Waals surface area contributed by atoms with Crippen molar-refractivity contribution in [1.29, 1.82) is 0 Å². The standard InChI is InChI=1S/C21H29N3O2/c1-23-19-11-6-5-10-18(19)22-21(23)20-12-7-13-24(20)14-16(25)15-26-17-8-3-2-4-9-17/h2-4,8-9,16,20,25H,5-7,10-15H2,1H3/t16-,20-/m1/s1. The third-order valence-corrected chi connectivity index (χ3v) is 5.70. The Hall–Kier alpha value is -1.85. The molecule has 0 bridgehead atoms. The van der Waals surface area contributed by atoms with E-state index in [1.807, 2.05) is 30.3 Å². The highest BCUT2D eigenvalue weighted by Crippen LogP contribution is 2.33. The summed E-state index contributed by atoms with van der Waals surface area (Å²) in [6.45, 7) is 1.98. The van der Waals surface area contributed by atoms with Crippen molar-refractivity contribution in [1.82, 2.24) is 14.5 Å². The van der Waals surface area contributed by atoms with Crippen molar-refractivity contribution in [3.8, 4) is 5.75 Å². The maximum atomic E-state index is 10.5. The molecule has 5 nitrogen and oxygen atoms in total. The normalized spacial score (nSPS) is 21.5. The number of nitrogens with zero attached hydrogens (tertiary/aromatic N) is 3. The fourth-order valence-corrected chi connectivity index (χ4v) is 4.37. The second-order valence-corrected chi connectivity index (χ2v) is 7.56. The zero-order chi connectivity index (χ0) is 17.9. The number of hydrogen-bond donors (Lipinski definition) is 1. The highest BCUT2D eigenvalue weighted by atomic mass is 16.5. The highest BCUT2D eigenvalue weighted by Gasteiger charge is 2.32. The Bertz CT molecular complexity index is 728. The molecule has 0 saturated carbocycles. The molecule has 1 aliphatic heterocycles. The van der Waals surface area contributed by atoms with E-state index in [9.17, 15) is 5.11 Å². The van der Waals surface area contributed by atoms with Crippen LogP contribution >= 0.6 is 0 Å². The highest BCUT2D eigenvalue weighted by molar-refractivity contribution is 5.22. The summed E-state index contributed by atoms with van der Waals surface area (Å²) in [5, 5.41) is 10.5. The van der Waals surface area contributed by atoms with Gasteiger partial charge in [-0.3, -0.25) is 4.90 Å². The number of fused-ring (bicyclic) bond motifs is 1. The van der Waals surface area contributed by atoms with Crippen LogP contribution in [0.15, 0.2) is 30.3 Å². The van der Waals surface area contributed by atoms with Gasteiger partial charge in [0.05, 0.1) is 11.7 Å². The van der Waals surface area contributed by atoms with Crippen LogP contribution in [-0.4, -0.2) is 45.4 Å². The predicted molar refractivity (Wildman–Crippen MR) is 101 cm³/mol. The number of β-amino-alcohol motifs (C(OH)–C–C–N with tert-alkyl or cyclic N) is 1. The van der Waals surface area contributed by atoms with E-state index in [4.69, 9.17) is 9.72 Å². The smallest absolute Gasteiger partial charge is 0.126 e. The molecule has 0 amide bonds. The molecule has 2 aliphatic rings. The lowest BCUT2D eigenvalue weighted by Gasteiger charge is -2.26. The van der Waals surface area contributed by atoms with E-state index in [2.05, 4.69) is 16.5 Å². The molecule has 1 N–H and O–H groups in total. The van der Waals surface area contributed by atoms with Crippen LogP contribution in [0.3, 0.4) is 0 Å². The van der Waals surface area contributed by atoms with Crippen molar-refractivity contribution in [3.05, 3.63) is 47.5 Å². The molecule has 0 unspecified atom stereocenters. The molecule has 1 fully saturated rings. The van der Waals surface area contributed by atoms with E-state index in [0.717, 1.165) is 38.0 Å². The molecule has 4 rings (SSSR count). The first kappa shape index (κ1) is 17.6. The Morgan fingerprint density at radius 2 is 2.00 bits per heavy atom. The molecular weight excluding hydrogens is 326 g/mol. The van der Waals surface area contributed by atoms with Crippen LogP contribution in [0.2, 0.25) is 0 Å². The second kappa shape index (κ2) is 7.80. The van der Waals surface area contributed by atoms with Gasteiger partial charge >= 0.3 is 0 Å². The third-order valence-electron chi connectivity index (χ3n) is 5.70. The number of para-hydroxylation sites is 1. The molecule has 0 spiro atoms. The first-order valence-corrected chi connectivity index (χ1v) is 9.86. The molecule has 2 heterocycles. The summed E-state index contributed by atoms with van der Waals surface area (Å²) < 4.78 is 8.04. The van der Waals surface area contributed by atoms with Gasteiger partial charge in [-0.25, -0.2) is 4.98 Å². The van der Waals surface area contributed by atoms with E-state index >= 15 is 0 Å². The Morgan fingerprint density at radius 1 is 1.19 bits per heavy atom. The number of aryl methyl sites for hydroxylation is 1. The van der Waals surface area contributed by atoms with Crippen LogP contribution in [0.1, 0.15) is 48.9 Å². The quantitative estimate of drug-likeness (QED) is 0.866. The van der Waals surface area contributed by atoms with Crippen LogP contribution < -0.4 is 4.74 Å². The van der Waals surface area contributed by atoms with Gasteiger partial charge in [0.2, 0.25) is 0 Å². The van der Waals surface area contributed by atoms with Crippen molar-refractivity contribution >= 4 is 0 Å². The first-order chi connectivity index (χ1) is 12.7. The Kier molecular flexibility index (Phi) is 5.27. The zero-order valence-electron chi connectivity index (χ0n) is 15.6. The lowest BCUT2D eigenvalue weighted by molar-refractivity contribution is 0.0623. The van der Waals surface area contributed by atoms with Crippen molar-refractivity contribution in [3.63, 3.8) is 0 Å². The van der Waals surface area contributed by atoms with Gasteiger partial charge in [-0.2, -0.15) is 0 Å². The molecule has 0 radical (unpaired) electrons. The van der Waals surface area contributed by atoms with Crippen molar-refractivity contribution in [2.75, 3.05) is 19.7 Å². The van der Waals surface area contributed by atoms with Crippen molar-refractivity contribution < 1.29 is 9.84 Å². The number of aliphatic hydroxyl groups is 1. The summed E-state index contributed by atoms with van der Waals surface area (Å²) in [7, 11) is 2.16. The zero-order valence-corrected chi connectivity index (χ0v) is 15.6. The Morgan fingerprint density at radius 3 is 2.81 bits per heavy atom. The molecule has 2 aromatic rings. The number of likely N-dealkylation sites (tertiary alicyclic amines) is 1. The molecular formula is C21H29N3O2. The summed E-state index contributed by atoms with van der Waals surface area (Å²) >= 11 is 0. The summed E-state index contributed by atoms with van der Waals surface area (Å²) in [4.78, 5) is 7.37. The average molecular weight is 355 g/mol. The summed E-state index contributed by atoms with van der Waals surface area (Å²) in [5.41, 5.74) is 2.72. The molecule has 26 heavy (non-hydrogen) atoms. The minimum Gasteiger partial charge on any atom is -0.491 e. The maximum absolute atomic E-state index is 10.5. The fourth-order valence-electron chi connectivity index (χ4n) is 4.37. The van der Waals surface area contributed by atoms with Gasteiger partial charge in [-0.05, 0) is 57.2 Å². The van der Waals surface area contributed by atoms with Crippen LogP contribution in [0, 0.1) is 0 Å². The van der Waals surface area contributed by atoms with Crippen LogP contribution in [0.4, 0.5) is 0 Å². The van der Waals surface area contributed by atoms with E-state index < -0.39 is 6.10 Å². The maximum Gasteiger partial charge on any atom is 0.126 e. The van der Waals surface area contributed by atoms with Gasteiger partial charge in [0.1, 0.15) is 24.3 Å². The fraction of sp³-hybridized carbons (Fsp3) is 0.571. The molecule has 1 aromatic carbocycles. The largest absolute Gasteiger partial charge is 0.491 e. The van der Waals surface area contributed by atoms with Crippen LogP contribution in [0.25, 0.3) is 0 Å². The van der Waals surface area contributed by atoms with Gasteiger partial charge in [-0.1, -0.05) is 18.2 Å². The molecule has 1 aromatic heterocycles. The number of aliphatic hydroxyl groups excluding tert-OH is 1. The van der Waals surface area contributed by atoms with Crippen molar-refractivity contribution in [2.45, 2.75) is 50.7 Å². The van der Waals surface area contributed by atoms with Crippen molar-refractivity contribution in [2.24, 2.45) is 7.05 Å². The number of ether oxygens (including phenoxy) is 1. The minimum atomic E-state index is -0.495. The van der Waals surface area contributed by atoms with Crippen LogP contribution in [-0.2, 0) is 19.9 Å². The predicted octanol–water partition coefficient (Wildman–Crippen LogP) is 2.88. The summed E-state index contributed by atoms with van der Waals surface area (Å²) in [6, 6.07) is 10.0. The Labute approximate surface area is 155 Å². The monoisotopic (exact) mass is 355 g/mol. The third kappa shape index (κ3) is 3.64. The molecule has 140 valence electrons. The lowest BCUT2D eigenvalue weighted by Crippen LogP contribution is -2.36. The number of rotatable bonds is 6. The first-order valence-electron chi connectivity index (χ1n) is 9.86. The molecule has 1 saturated heterocycles. The van der Waals surface area contributed by atoms with E-state index in [0.29, 0.717) is 19.2 Å².